The van der Waals surface area contributed by atoms with Crippen molar-refractivity contribution in [3.8, 4) is 0 Å². The number of anilines is 1. The third-order valence-electron chi connectivity index (χ3n) is 2.50. The molecule has 4 heteroatoms. The highest BCUT2D eigenvalue weighted by Crippen LogP contribution is 2.23. The van der Waals surface area contributed by atoms with Crippen LogP contribution in [0.15, 0.2) is 41.3 Å². The molecule has 0 aliphatic rings. The van der Waals surface area contributed by atoms with Crippen LogP contribution in [0.3, 0.4) is 0 Å². The summed E-state index contributed by atoms with van der Waals surface area (Å²) in [6.07, 6.45) is 1.67. The van der Waals surface area contributed by atoms with Gasteiger partial charge in [-0.2, -0.15) is 0 Å². The van der Waals surface area contributed by atoms with Gasteiger partial charge in [0.15, 0.2) is 0 Å². The molecule has 17 heavy (non-hydrogen) atoms. The lowest BCUT2D eigenvalue weighted by atomic mass is 10.2. The van der Waals surface area contributed by atoms with Gasteiger partial charge in [0.25, 0.3) is 0 Å². The summed E-state index contributed by atoms with van der Waals surface area (Å²) in [6, 6.07) is 8.21. The summed E-state index contributed by atoms with van der Waals surface area (Å²) in [5.41, 5.74) is 1.36. The molecule has 0 bridgehead atoms. The number of fused-ring (bicyclic) bond motifs is 1. The van der Waals surface area contributed by atoms with E-state index in [0.29, 0.717) is 12.1 Å². The second-order valence-corrected chi connectivity index (χ2v) is 4.69. The highest BCUT2D eigenvalue weighted by molar-refractivity contribution is 7.17. The summed E-state index contributed by atoms with van der Waals surface area (Å²) in [5, 5.41) is 15.1. The summed E-state index contributed by atoms with van der Waals surface area (Å²) in [7, 11) is 0. The van der Waals surface area contributed by atoms with Gasteiger partial charge in [-0.1, -0.05) is 6.08 Å². The molecule has 0 atom stereocenters. The van der Waals surface area contributed by atoms with Gasteiger partial charge in [-0.05, 0) is 42.0 Å². The van der Waals surface area contributed by atoms with E-state index in [1.807, 2.05) is 6.07 Å². The third kappa shape index (κ3) is 2.85. The number of thiophene rings is 1. The molecular weight excluding hydrogens is 234 g/mol. The predicted octanol–water partition coefficient (Wildman–Crippen LogP) is 3.34. The van der Waals surface area contributed by atoms with Gasteiger partial charge in [-0.3, -0.25) is 0 Å². The van der Waals surface area contributed by atoms with Gasteiger partial charge in [0.05, 0.1) is 0 Å². The summed E-state index contributed by atoms with van der Waals surface area (Å²) < 4.78 is 1.26. The monoisotopic (exact) mass is 247 g/mol. The molecule has 0 spiro atoms. The minimum atomic E-state index is -0.875. The fourth-order valence-corrected chi connectivity index (χ4v) is 2.26. The predicted molar refractivity (Wildman–Crippen MR) is 71.7 cm³/mol. The van der Waals surface area contributed by atoms with Crippen molar-refractivity contribution in [1.82, 2.24) is 0 Å². The van der Waals surface area contributed by atoms with E-state index in [4.69, 9.17) is 5.11 Å². The van der Waals surface area contributed by atoms with Crippen LogP contribution >= 0.6 is 11.3 Å². The molecule has 1 aromatic heterocycles. The molecule has 0 saturated heterocycles. The quantitative estimate of drug-likeness (QED) is 0.815. The Labute approximate surface area is 103 Å². The van der Waals surface area contributed by atoms with Crippen molar-refractivity contribution >= 4 is 33.1 Å². The molecule has 2 rings (SSSR count). The Bertz CT molecular complexity index is 572. The Balaban J connectivity index is 2.04. The van der Waals surface area contributed by atoms with E-state index in [2.05, 4.69) is 28.9 Å². The zero-order valence-corrected chi connectivity index (χ0v) is 10.3. The zero-order valence-electron chi connectivity index (χ0n) is 9.43. The maximum Gasteiger partial charge on any atom is 0.331 e. The lowest BCUT2D eigenvalue weighted by Gasteiger charge is -2.03. The lowest BCUT2D eigenvalue weighted by molar-refractivity contribution is -0.132. The fraction of sp³-hybridized carbons (Fsp3) is 0.154. The molecule has 0 saturated carbocycles. The third-order valence-corrected chi connectivity index (χ3v) is 3.40. The van der Waals surface area contributed by atoms with Gasteiger partial charge in [0.1, 0.15) is 0 Å². The Morgan fingerprint density at radius 1 is 1.47 bits per heavy atom. The number of hydrogen-bond acceptors (Lipinski definition) is 3. The fourth-order valence-electron chi connectivity index (χ4n) is 1.49. The smallest absolute Gasteiger partial charge is 0.331 e. The molecule has 0 fully saturated rings. The standard InChI is InChI=1S/C13H13NO2S/c1-9(13(15)16)4-6-14-11-2-3-12-10(8-11)5-7-17-12/h2-5,7-8,14H,6H2,1H3,(H,15,16)/b9-4-. The Morgan fingerprint density at radius 3 is 3.06 bits per heavy atom. The van der Waals surface area contributed by atoms with Crippen molar-refractivity contribution in [2.24, 2.45) is 0 Å². The Kier molecular flexibility index (Phi) is 3.44. The maximum absolute atomic E-state index is 10.6. The van der Waals surface area contributed by atoms with Crippen molar-refractivity contribution in [1.29, 1.82) is 0 Å². The number of aliphatic carboxylic acids is 1. The van der Waals surface area contributed by atoms with Gasteiger partial charge in [0, 0.05) is 22.5 Å². The van der Waals surface area contributed by atoms with Crippen LogP contribution in [0.2, 0.25) is 0 Å². The zero-order chi connectivity index (χ0) is 12.3. The molecule has 2 aromatic rings. The molecule has 0 aliphatic carbocycles. The number of hydrogen-bond donors (Lipinski definition) is 2. The van der Waals surface area contributed by atoms with E-state index in [1.165, 1.54) is 10.1 Å². The van der Waals surface area contributed by atoms with Crippen molar-refractivity contribution in [3.63, 3.8) is 0 Å². The molecule has 0 radical (unpaired) electrons. The van der Waals surface area contributed by atoms with Gasteiger partial charge in [0.2, 0.25) is 0 Å². The van der Waals surface area contributed by atoms with Crippen LogP contribution < -0.4 is 5.32 Å². The second kappa shape index (κ2) is 5.01. The van der Waals surface area contributed by atoms with E-state index < -0.39 is 5.97 Å². The van der Waals surface area contributed by atoms with E-state index in [9.17, 15) is 4.79 Å². The molecule has 1 aromatic carbocycles. The first kappa shape index (κ1) is 11.7. The van der Waals surface area contributed by atoms with Crippen molar-refractivity contribution in [3.05, 3.63) is 41.3 Å². The molecule has 0 aliphatic heterocycles. The van der Waals surface area contributed by atoms with E-state index in [1.54, 1.807) is 24.3 Å². The summed E-state index contributed by atoms with van der Waals surface area (Å²) >= 11 is 1.71. The first-order valence-corrected chi connectivity index (χ1v) is 6.16. The van der Waals surface area contributed by atoms with Crippen LogP contribution in [0.4, 0.5) is 5.69 Å². The summed E-state index contributed by atoms with van der Waals surface area (Å²) in [5.74, 6) is -0.875. The number of carbonyl (C=O) groups is 1. The largest absolute Gasteiger partial charge is 0.478 e. The van der Waals surface area contributed by atoms with Crippen molar-refractivity contribution in [2.75, 3.05) is 11.9 Å². The second-order valence-electron chi connectivity index (χ2n) is 3.75. The van der Waals surface area contributed by atoms with Crippen molar-refractivity contribution < 1.29 is 9.90 Å². The Morgan fingerprint density at radius 2 is 2.29 bits per heavy atom. The van der Waals surface area contributed by atoms with E-state index in [-0.39, 0.29) is 0 Å². The molecule has 88 valence electrons. The average Bonchev–Trinajstić information content (AvgIpc) is 2.75. The van der Waals surface area contributed by atoms with E-state index >= 15 is 0 Å². The molecule has 0 amide bonds. The average molecular weight is 247 g/mol. The van der Waals surface area contributed by atoms with Crippen LogP contribution in [0.1, 0.15) is 6.92 Å². The summed E-state index contributed by atoms with van der Waals surface area (Å²) in [4.78, 5) is 10.6. The molecule has 1 heterocycles. The number of carboxylic acid groups (broad SMARTS) is 1. The SMILES string of the molecule is C/C(=C/CNc1ccc2sccc2c1)C(=O)O. The van der Waals surface area contributed by atoms with Crippen molar-refractivity contribution in [2.45, 2.75) is 6.92 Å². The minimum Gasteiger partial charge on any atom is -0.478 e. The first-order chi connectivity index (χ1) is 8.16. The van der Waals surface area contributed by atoms with Gasteiger partial charge in [-0.15, -0.1) is 11.3 Å². The normalized spacial score (nSPS) is 11.7. The Hall–Kier alpha value is -1.81. The minimum absolute atomic E-state index is 0.356. The molecule has 3 nitrogen and oxygen atoms in total. The topological polar surface area (TPSA) is 49.3 Å². The van der Waals surface area contributed by atoms with Crippen LogP contribution in [-0.2, 0) is 4.79 Å². The number of rotatable bonds is 4. The van der Waals surface area contributed by atoms with Crippen LogP contribution in [0.25, 0.3) is 10.1 Å². The van der Waals surface area contributed by atoms with Gasteiger partial charge in [-0.25, -0.2) is 4.79 Å². The highest BCUT2D eigenvalue weighted by Gasteiger charge is 1.99. The molecular formula is C13H13NO2S. The maximum atomic E-state index is 10.6. The molecule has 2 N–H and O–H groups in total. The molecule has 0 unspecified atom stereocenters. The van der Waals surface area contributed by atoms with Gasteiger partial charge >= 0.3 is 5.97 Å². The van der Waals surface area contributed by atoms with Crippen LogP contribution in [0.5, 0.6) is 0 Å². The van der Waals surface area contributed by atoms with E-state index in [0.717, 1.165) is 5.69 Å². The van der Waals surface area contributed by atoms with Crippen LogP contribution in [-0.4, -0.2) is 17.6 Å². The highest BCUT2D eigenvalue weighted by atomic mass is 32.1. The number of benzene rings is 1. The summed E-state index contributed by atoms with van der Waals surface area (Å²) in [6.45, 7) is 2.11. The van der Waals surface area contributed by atoms with Gasteiger partial charge < -0.3 is 10.4 Å². The number of nitrogens with one attached hydrogen (secondary N) is 1. The lowest BCUT2D eigenvalue weighted by Crippen LogP contribution is -2.02. The van der Waals surface area contributed by atoms with Crippen LogP contribution in [0, 0.1) is 0 Å². The first-order valence-electron chi connectivity index (χ1n) is 5.28. The number of carboxylic acids is 1.